The lowest BCUT2D eigenvalue weighted by Crippen LogP contribution is -2.44. The van der Waals surface area contributed by atoms with Crippen LogP contribution in [0.5, 0.6) is 0 Å². The molecule has 7 heteroatoms. The van der Waals surface area contributed by atoms with Gasteiger partial charge in [0, 0.05) is 13.1 Å². The summed E-state index contributed by atoms with van der Waals surface area (Å²) < 4.78 is 5.92. The fourth-order valence-corrected chi connectivity index (χ4v) is 2.08. The van der Waals surface area contributed by atoms with E-state index in [9.17, 15) is 4.79 Å². The molecular weight excluding hydrogens is 324 g/mol. The second-order valence-corrected chi connectivity index (χ2v) is 6.61. The van der Waals surface area contributed by atoms with Crippen LogP contribution in [0.2, 0.25) is 0 Å². The second-order valence-electron chi connectivity index (χ2n) is 5.86. The summed E-state index contributed by atoms with van der Waals surface area (Å²) >= 11 is 3.24. The largest absolute Gasteiger partial charge is 0.444 e. The summed E-state index contributed by atoms with van der Waals surface area (Å²) in [5.41, 5.74) is 0.266. The van der Waals surface area contributed by atoms with Gasteiger partial charge in [-0.15, -0.1) is 0 Å². The minimum absolute atomic E-state index is 0.0607. The maximum absolute atomic E-state index is 12.0. The van der Waals surface area contributed by atoms with Crippen LogP contribution in [0.4, 0.5) is 4.79 Å². The highest BCUT2D eigenvalue weighted by Gasteiger charge is 2.27. The molecule has 0 unspecified atom stereocenters. The molecule has 1 heterocycles. The number of hydrogen-bond acceptors (Lipinski definition) is 5. The molecule has 1 saturated heterocycles. The van der Waals surface area contributed by atoms with Crippen LogP contribution in [0.1, 0.15) is 40.5 Å². The highest BCUT2D eigenvalue weighted by molar-refractivity contribution is 9.19. The summed E-state index contributed by atoms with van der Waals surface area (Å²) in [7, 11) is 0. The summed E-state index contributed by atoms with van der Waals surface area (Å²) in [5.74, 6) is 5.20. The molecule has 114 valence electrons. The minimum Gasteiger partial charge on any atom is -0.444 e. The third-order valence-corrected chi connectivity index (χ3v) is 3.61. The number of amides is 1. The van der Waals surface area contributed by atoms with Crippen molar-refractivity contribution in [1.29, 1.82) is 0 Å². The molecule has 0 radical (unpaired) electrons. The van der Waals surface area contributed by atoms with E-state index in [0.717, 1.165) is 18.6 Å². The quantitative estimate of drug-likeness (QED) is 0.473. The predicted molar refractivity (Wildman–Crippen MR) is 84.5 cm³/mol. The first-order chi connectivity index (χ1) is 9.23. The average Bonchev–Trinajstić information content (AvgIpc) is 2.36. The highest BCUT2D eigenvalue weighted by Crippen LogP contribution is 2.17. The van der Waals surface area contributed by atoms with Gasteiger partial charge < -0.3 is 15.5 Å². The zero-order chi connectivity index (χ0) is 15.3. The Hall–Kier alpha value is -1.11. The van der Waals surface area contributed by atoms with Crippen molar-refractivity contribution in [3.63, 3.8) is 0 Å². The third kappa shape index (κ3) is 5.48. The first-order valence-electron chi connectivity index (χ1n) is 6.69. The molecule has 0 spiro atoms. The Morgan fingerprint density at radius 1 is 1.45 bits per heavy atom. The van der Waals surface area contributed by atoms with Crippen LogP contribution < -0.4 is 5.84 Å². The van der Waals surface area contributed by atoms with Crippen molar-refractivity contribution in [2.75, 3.05) is 13.1 Å². The SMILES string of the molecule is CC(=N[C@@H]1CCCN(C(=O)OC(C)(C)C)C1)/C(Br)=N\N. The molecule has 0 aromatic carbocycles. The van der Waals surface area contributed by atoms with Crippen LogP contribution >= 0.6 is 15.9 Å². The summed E-state index contributed by atoms with van der Waals surface area (Å²) in [4.78, 5) is 18.3. The number of piperidine rings is 1. The van der Waals surface area contributed by atoms with Crippen LogP contribution in [-0.2, 0) is 4.74 Å². The average molecular weight is 347 g/mol. The summed E-state index contributed by atoms with van der Waals surface area (Å²) in [6, 6.07) is 0.0607. The number of carbonyl (C=O) groups excluding carboxylic acids is 1. The maximum Gasteiger partial charge on any atom is 0.410 e. The van der Waals surface area contributed by atoms with E-state index in [1.54, 1.807) is 4.90 Å². The molecule has 0 saturated carbocycles. The summed E-state index contributed by atoms with van der Waals surface area (Å²) in [6.45, 7) is 8.71. The molecule has 20 heavy (non-hydrogen) atoms. The van der Waals surface area contributed by atoms with Crippen LogP contribution in [0.25, 0.3) is 0 Å². The van der Waals surface area contributed by atoms with Crippen LogP contribution in [0.15, 0.2) is 10.1 Å². The zero-order valence-electron chi connectivity index (χ0n) is 12.5. The third-order valence-electron chi connectivity index (χ3n) is 2.84. The van der Waals surface area contributed by atoms with Gasteiger partial charge in [-0.3, -0.25) is 4.99 Å². The van der Waals surface area contributed by atoms with Gasteiger partial charge in [-0.1, -0.05) is 0 Å². The summed E-state index contributed by atoms with van der Waals surface area (Å²) in [6.07, 6.45) is 1.58. The van der Waals surface area contributed by atoms with Crippen molar-refractivity contribution in [2.45, 2.75) is 52.2 Å². The Morgan fingerprint density at radius 2 is 2.10 bits per heavy atom. The molecule has 0 aliphatic carbocycles. The predicted octanol–water partition coefficient (Wildman–Crippen LogP) is 2.51. The first kappa shape index (κ1) is 16.9. The minimum atomic E-state index is -0.474. The molecule has 1 aliphatic heterocycles. The van der Waals surface area contributed by atoms with Gasteiger partial charge in [0.05, 0.1) is 11.8 Å². The molecule has 0 aromatic rings. The number of ether oxygens (including phenoxy) is 1. The molecule has 0 bridgehead atoms. The molecule has 1 atom stereocenters. The van der Waals surface area contributed by atoms with Gasteiger partial charge in [-0.05, 0) is 56.5 Å². The Bertz CT molecular complexity index is 415. The number of halogens is 1. The molecule has 6 nitrogen and oxygen atoms in total. The number of hydrogen-bond donors (Lipinski definition) is 1. The monoisotopic (exact) mass is 346 g/mol. The smallest absolute Gasteiger partial charge is 0.410 e. The molecule has 0 aromatic heterocycles. The number of carbonyl (C=O) groups is 1. The fraction of sp³-hybridized carbons (Fsp3) is 0.769. The van der Waals surface area contributed by atoms with Gasteiger partial charge >= 0.3 is 6.09 Å². The number of nitrogens with zero attached hydrogens (tertiary/aromatic N) is 3. The van der Waals surface area contributed by atoms with E-state index in [1.165, 1.54) is 0 Å². The van der Waals surface area contributed by atoms with Gasteiger partial charge in [0.2, 0.25) is 0 Å². The Labute approximate surface area is 128 Å². The number of rotatable bonds is 2. The van der Waals surface area contributed by atoms with Crippen molar-refractivity contribution in [2.24, 2.45) is 15.9 Å². The molecule has 1 aliphatic rings. The van der Waals surface area contributed by atoms with E-state index >= 15 is 0 Å². The van der Waals surface area contributed by atoms with Crippen molar-refractivity contribution in [1.82, 2.24) is 4.90 Å². The van der Waals surface area contributed by atoms with E-state index in [2.05, 4.69) is 26.0 Å². The normalized spacial score (nSPS) is 21.9. The van der Waals surface area contributed by atoms with E-state index in [4.69, 9.17) is 10.6 Å². The lowest BCUT2D eigenvalue weighted by Gasteiger charge is -2.32. The highest BCUT2D eigenvalue weighted by atomic mass is 79.9. The van der Waals surface area contributed by atoms with Gasteiger partial charge in [-0.2, -0.15) is 5.10 Å². The van der Waals surface area contributed by atoms with E-state index in [-0.39, 0.29) is 12.1 Å². The lowest BCUT2D eigenvalue weighted by atomic mass is 10.1. The van der Waals surface area contributed by atoms with E-state index < -0.39 is 5.60 Å². The Morgan fingerprint density at radius 3 is 2.65 bits per heavy atom. The number of likely N-dealkylation sites (tertiary alicyclic amines) is 1. The maximum atomic E-state index is 12.0. The van der Waals surface area contributed by atoms with E-state index in [1.807, 2.05) is 27.7 Å². The Kier molecular flexibility index (Phi) is 5.98. The number of hydrazone groups is 1. The number of nitrogens with two attached hydrogens (primary N) is 1. The zero-order valence-corrected chi connectivity index (χ0v) is 14.1. The molecule has 1 amide bonds. The fourth-order valence-electron chi connectivity index (χ4n) is 1.97. The van der Waals surface area contributed by atoms with Crippen LogP contribution in [0, 0.1) is 0 Å². The van der Waals surface area contributed by atoms with Gasteiger partial charge in [0.15, 0.2) is 0 Å². The standard InChI is InChI=1S/C13H23BrN4O2/c1-9(11(14)17-15)16-10-6-5-7-18(8-10)12(19)20-13(2,3)4/h10H,5-8,15H2,1-4H3/b16-9?,17-11+/t10-/m1/s1. The van der Waals surface area contributed by atoms with E-state index in [0.29, 0.717) is 17.7 Å². The van der Waals surface area contributed by atoms with Crippen LogP contribution in [0.3, 0.4) is 0 Å². The van der Waals surface area contributed by atoms with Crippen LogP contribution in [-0.4, -0.2) is 46.1 Å². The molecule has 2 N–H and O–H groups in total. The van der Waals surface area contributed by atoms with Gasteiger partial charge in [-0.25, -0.2) is 4.79 Å². The first-order valence-corrected chi connectivity index (χ1v) is 7.48. The molecular formula is C13H23BrN4O2. The van der Waals surface area contributed by atoms with Crippen molar-refractivity contribution >= 4 is 32.4 Å². The van der Waals surface area contributed by atoms with Crippen molar-refractivity contribution in [3.05, 3.63) is 0 Å². The second kappa shape index (κ2) is 7.06. The summed E-state index contributed by atoms with van der Waals surface area (Å²) in [5, 5.41) is 3.55. The van der Waals surface area contributed by atoms with Gasteiger partial charge in [0.25, 0.3) is 0 Å². The molecule has 1 fully saturated rings. The Balaban J connectivity index is 2.65. The number of aliphatic imine (C=N–C) groups is 1. The lowest BCUT2D eigenvalue weighted by molar-refractivity contribution is 0.0201. The molecule has 1 rings (SSSR count). The van der Waals surface area contributed by atoms with Crippen molar-refractivity contribution in [3.8, 4) is 0 Å². The topological polar surface area (TPSA) is 80.3 Å². The van der Waals surface area contributed by atoms with Gasteiger partial charge in [0.1, 0.15) is 10.2 Å². The van der Waals surface area contributed by atoms with Crippen molar-refractivity contribution < 1.29 is 9.53 Å².